The number of aromatic nitrogens is 2. The van der Waals surface area contributed by atoms with Gasteiger partial charge in [-0.25, -0.2) is 17.4 Å². The number of ether oxygens (including phenoxy) is 1. The number of hydrogen-bond acceptors (Lipinski definition) is 4. The maximum absolute atomic E-state index is 13.0. The van der Waals surface area contributed by atoms with Crippen LogP contribution in [-0.2, 0) is 10.0 Å². The van der Waals surface area contributed by atoms with E-state index in [0.29, 0.717) is 23.7 Å². The van der Waals surface area contributed by atoms with Gasteiger partial charge in [-0.05, 0) is 37.6 Å². The van der Waals surface area contributed by atoms with Crippen molar-refractivity contribution < 1.29 is 13.2 Å². The molecule has 1 heterocycles. The molecular weight excluding hydrogens is 336 g/mol. The van der Waals surface area contributed by atoms with Crippen LogP contribution < -0.4 is 4.74 Å². The van der Waals surface area contributed by atoms with Crippen LogP contribution >= 0.6 is 0 Å². The summed E-state index contributed by atoms with van der Waals surface area (Å²) in [6, 6.07) is 14.1. The molecule has 0 saturated carbocycles. The molecule has 0 bridgehead atoms. The molecule has 0 aliphatic rings. The predicted octanol–water partition coefficient (Wildman–Crippen LogP) is 3.88. The number of aryl methyl sites for hydroxylation is 1. The molecule has 2 aromatic carbocycles. The molecular formula is C19H20N2O3S. The number of benzene rings is 2. The SMILES string of the molecule is CCCOc1ccccc1-c1nccn1S(=O)(=O)c1ccc(C)cc1. The monoisotopic (exact) mass is 356 g/mol. The van der Waals surface area contributed by atoms with Crippen molar-refractivity contribution in [3.63, 3.8) is 0 Å². The van der Waals surface area contributed by atoms with E-state index in [2.05, 4.69) is 4.98 Å². The molecule has 25 heavy (non-hydrogen) atoms. The first-order chi connectivity index (χ1) is 12.0. The number of para-hydroxylation sites is 1. The van der Waals surface area contributed by atoms with Gasteiger partial charge in [0.1, 0.15) is 5.75 Å². The summed E-state index contributed by atoms with van der Waals surface area (Å²) >= 11 is 0. The molecule has 0 aliphatic carbocycles. The van der Waals surface area contributed by atoms with Crippen LogP contribution in [0.3, 0.4) is 0 Å². The lowest BCUT2D eigenvalue weighted by Crippen LogP contribution is -2.14. The van der Waals surface area contributed by atoms with Gasteiger partial charge in [-0.3, -0.25) is 0 Å². The van der Waals surface area contributed by atoms with Gasteiger partial charge in [-0.2, -0.15) is 0 Å². The zero-order valence-corrected chi connectivity index (χ0v) is 15.0. The first-order valence-electron chi connectivity index (χ1n) is 8.12. The van der Waals surface area contributed by atoms with Crippen LogP contribution in [0.4, 0.5) is 0 Å². The van der Waals surface area contributed by atoms with Gasteiger partial charge in [0.2, 0.25) is 0 Å². The van der Waals surface area contributed by atoms with Gasteiger partial charge in [0, 0.05) is 12.4 Å². The molecule has 0 atom stereocenters. The van der Waals surface area contributed by atoms with Crippen molar-refractivity contribution in [1.29, 1.82) is 0 Å². The molecule has 0 saturated heterocycles. The molecule has 0 N–H and O–H groups in total. The number of hydrogen-bond donors (Lipinski definition) is 0. The molecule has 0 aliphatic heterocycles. The summed E-state index contributed by atoms with van der Waals surface area (Å²) in [7, 11) is -3.73. The van der Waals surface area contributed by atoms with Gasteiger partial charge in [-0.15, -0.1) is 0 Å². The van der Waals surface area contributed by atoms with Crippen molar-refractivity contribution in [2.24, 2.45) is 0 Å². The largest absolute Gasteiger partial charge is 0.493 e. The minimum absolute atomic E-state index is 0.226. The molecule has 6 heteroatoms. The molecule has 3 rings (SSSR count). The normalized spacial score (nSPS) is 11.4. The van der Waals surface area contributed by atoms with E-state index in [9.17, 15) is 8.42 Å². The zero-order chi connectivity index (χ0) is 17.9. The third kappa shape index (κ3) is 3.44. The van der Waals surface area contributed by atoms with Crippen molar-refractivity contribution in [3.8, 4) is 17.1 Å². The fourth-order valence-electron chi connectivity index (χ4n) is 2.49. The Morgan fingerprint density at radius 3 is 2.52 bits per heavy atom. The lowest BCUT2D eigenvalue weighted by molar-refractivity contribution is 0.318. The second kappa shape index (κ2) is 7.11. The lowest BCUT2D eigenvalue weighted by atomic mass is 10.2. The second-order valence-corrected chi connectivity index (χ2v) is 7.52. The summed E-state index contributed by atoms with van der Waals surface area (Å²) in [6.45, 7) is 4.49. The Morgan fingerprint density at radius 2 is 1.80 bits per heavy atom. The lowest BCUT2D eigenvalue weighted by Gasteiger charge is -2.13. The van der Waals surface area contributed by atoms with Crippen LogP contribution in [0.15, 0.2) is 65.8 Å². The highest BCUT2D eigenvalue weighted by Crippen LogP contribution is 2.30. The summed E-state index contributed by atoms with van der Waals surface area (Å²) in [5.41, 5.74) is 1.65. The van der Waals surface area contributed by atoms with E-state index in [1.54, 1.807) is 24.3 Å². The van der Waals surface area contributed by atoms with Crippen LogP contribution in [0.25, 0.3) is 11.4 Å². The van der Waals surface area contributed by atoms with Gasteiger partial charge in [0.05, 0.1) is 17.1 Å². The van der Waals surface area contributed by atoms with E-state index in [4.69, 9.17) is 4.74 Å². The number of rotatable bonds is 6. The highest BCUT2D eigenvalue weighted by Gasteiger charge is 2.22. The quantitative estimate of drug-likeness (QED) is 0.672. The van der Waals surface area contributed by atoms with Crippen molar-refractivity contribution in [2.45, 2.75) is 25.2 Å². The average molecular weight is 356 g/mol. The van der Waals surface area contributed by atoms with Crippen LogP contribution in [-0.4, -0.2) is 24.0 Å². The summed E-state index contributed by atoms with van der Waals surface area (Å²) in [5, 5.41) is 0. The summed E-state index contributed by atoms with van der Waals surface area (Å²) < 4.78 is 33.0. The third-order valence-corrected chi connectivity index (χ3v) is 5.46. The van der Waals surface area contributed by atoms with E-state index < -0.39 is 10.0 Å². The highest BCUT2D eigenvalue weighted by molar-refractivity contribution is 7.90. The van der Waals surface area contributed by atoms with Crippen molar-refractivity contribution in [3.05, 3.63) is 66.5 Å². The molecule has 130 valence electrons. The summed E-state index contributed by atoms with van der Waals surface area (Å²) in [5.74, 6) is 0.961. The standard InChI is InChI=1S/C19H20N2O3S/c1-3-14-24-18-7-5-4-6-17(18)19-20-12-13-21(19)25(22,23)16-10-8-15(2)9-11-16/h4-13H,3,14H2,1-2H3. The molecule has 0 unspecified atom stereocenters. The number of nitrogens with zero attached hydrogens (tertiary/aromatic N) is 2. The van der Waals surface area contributed by atoms with Crippen LogP contribution in [0.1, 0.15) is 18.9 Å². The zero-order valence-electron chi connectivity index (χ0n) is 14.2. The van der Waals surface area contributed by atoms with Crippen molar-refractivity contribution in [2.75, 3.05) is 6.61 Å². The van der Waals surface area contributed by atoms with Gasteiger partial charge in [0.15, 0.2) is 5.82 Å². The molecule has 3 aromatic rings. The minimum Gasteiger partial charge on any atom is -0.493 e. The van der Waals surface area contributed by atoms with Gasteiger partial charge in [0.25, 0.3) is 10.0 Å². The maximum Gasteiger partial charge on any atom is 0.269 e. The van der Waals surface area contributed by atoms with Crippen LogP contribution in [0.2, 0.25) is 0 Å². The van der Waals surface area contributed by atoms with Crippen LogP contribution in [0, 0.1) is 6.92 Å². The van der Waals surface area contributed by atoms with E-state index in [0.717, 1.165) is 12.0 Å². The predicted molar refractivity (Wildman–Crippen MR) is 97.2 cm³/mol. The Hall–Kier alpha value is -2.60. The van der Waals surface area contributed by atoms with Crippen molar-refractivity contribution >= 4 is 10.0 Å². The molecule has 5 nitrogen and oxygen atoms in total. The molecule has 0 amide bonds. The van der Waals surface area contributed by atoms with E-state index in [1.165, 1.54) is 16.4 Å². The Bertz CT molecular complexity index is 960. The molecule has 0 spiro atoms. The topological polar surface area (TPSA) is 61.2 Å². The Morgan fingerprint density at radius 1 is 1.08 bits per heavy atom. The van der Waals surface area contributed by atoms with Gasteiger partial charge in [-0.1, -0.05) is 36.8 Å². The molecule has 0 radical (unpaired) electrons. The maximum atomic E-state index is 13.0. The smallest absolute Gasteiger partial charge is 0.269 e. The summed E-state index contributed by atoms with van der Waals surface area (Å²) in [6.07, 6.45) is 3.81. The molecule has 0 fully saturated rings. The van der Waals surface area contributed by atoms with Crippen LogP contribution in [0.5, 0.6) is 5.75 Å². The fraction of sp³-hybridized carbons (Fsp3) is 0.211. The molecule has 1 aromatic heterocycles. The van der Waals surface area contributed by atoms with Gasteiger partial charge < -0.3 is 4.74 Å². The first-order valence-corrected chi connectivity index (χ1v) is 9.56. The first kappa shape index (κ1) is 17.2. The fourth-order valence-corrected chi connectivity index (χ4v) is 3.78. The van der Waals surface area contributed by atoms with Gasteiger partial charge >= 0.3 is 0 Å². The third-order valence-electron chi connectivity index (χ3n) is 3.78. The number of imidazole rings is 1. The Labute approximate surface area is 148 Å². The Balaban J connectivity index is 2.09. The Kier molecular flexibility index (Phi) is 4.90. The highest BCUT2D eigenvalue weighted by atomic mass is 32.2. The van der Waals surface area contributed by atoms with E-state index >= 15 is 0 Å². The minimum atomic E-state index is -3.73. The van der Waals surface area contributed by atoms with E-state index in [-0.39, 0.29) is 4.90 Å². The second-order valence-electron chi connectivity index (χ2n) is 5.71. The van der Waals surface area contributed by atoms with Crippen molar-refractivity contribution in [1.82, 2.24) is 8.96 Å². The van der Waals surface area contributed by atoms with E-state index in [1.807, 2.05) is 38.1 Å². The summed E-state index contributed by atoms with van der Waals surface area (Å²) in [4.78, 5) is 4.49. The average Bonchev–Trinajstić information content (AvgIpc) is 3.11.